The number of nitriles is 1. The fourth-order valence-corrected chi connectivity index (χ4v) is 3.84. The summed E-state index contributed by atoms with van der Waals surface area (Å²) in [5.41, 5.74) is 1.42. The van der Waals surface area contributed by atoms with Crippen LogP contribution in [0.25, 0.3) is 0 Å². The number of hydrogen-bond donors (Lipinski definition) is 1. The molecule has 0 saturated heterocycles. The Kier molecular flexibility index (Phi) is 5.26. The summed E-state index contributed by atoms with van der Waals surface area (Å²) in [5, 5.41) is 24.3. The molecule has 7 heteroatoms. The van der Waals surface area contributed by atoms with Gasteiger partial charge in [-0.3, -0.25) is 4.79 Å². The summed E-state index contributed by atoms with van der Waals surface area (Å²) >= 11 is 1.51. The van der Waals surface area contributed by atoms with E-state index in [-0.39, 0.29) is 18.0 Å². The Morgan fingerprint density at radius 1 is 1.46 bits per heavy atom. The van der Waals surface area contributed by atoms with Crippen molar-refractivity contribution in [2.24, 2.45) is 5.92 Å². The quantitative estimate of drug-likeness (QED) is 0.901. The lowest BCUT2D eigenvalue weighted by atomic mass is 9.82. The maximum atomic E-state index is 12.5. The molecule has 0 spiro atoms. The number of thiophene rings is 1. The van der Waals surface area contributed by atoms with Crippen molar-refractivity contribution in [3.63, 3.8) is 0 Å². The second-order valence-electron chi connectivity index (χ2n) is 6.29. The van der Waals surface area contributed by atoms with Gasteiger partial charge in [0.05, 0.1) is 23.9 Å². The van der Waals surface area contributed by atoms with Gasteiger partial charge in [-0.05, 0) is 37.1 Å². The highest BCUT2D eigenvalue weighted by molar-refractivity contribution is 7.08. The highest BCUT2D eigenvalue weighted by atomic mass is 32.1. The molecule has 1 saturated carbocycles. The molecular weight excluding hydrogens is 322 g/mol. The van der Waals surface area contributed by atoms with Crippen molar-refractivity contribution >= 4 is 17.2 Å². The Morgan fingerprint density at radius 3 is 2.92 bits per heavy atom. The lowest BCUT2D eigenvalue weighted by molar-refractivity contribution is 0.0911. The van der Waals surface area contributed by atoms with Crippen molar-refractivity contribution < 1.29 is 4.79 Å². The van der Waals surface area contributed by atoms with Gasteiger partial charge < -0.3 is 5.32 Å². The number of nitrogens with zero attached hydrogens (tertiary/aromatic N) is 4. The smallest absolute Gasteiger partial charge is 0.252 e. The lowest BCUT2D eigenvalue weighted by Gasteiger charge is -2.29. The summed E-state index contributed by atoms with van der Waals surface area (Å²) in [6, 6.07) is 3.45. The van der Waals surface area contributed by atoms with Crippen LogP contribution < -0.4 is 5.32 Å². The maximum absolute atomic E-state index is 12.5. The normalized spacial score (nSPS) is 17.8. The summed E-state index contributed by atoms with van der Waals surface area (Å²) in [4.78, 5) is 12.5. The van der Waals surface area contributed by atoms with Gasteiger partial charge >= 0.3 is 0 Å². The Balaban J connectivity index is 1.83. The van der Waals surface area contributed by atoms with E-state index in [4.69, 9.17) is 5.26 Å². The van der Waals surface area contributed by atoms with E-state index in [1.807, 2.05) is 16.8 Å². The second-order valence-corrected chi connectivity index (χ2v) is 7.07. The standard InChI is InChI=1S/C17H21N5OS/c1-12(9-18)22-10-15(20-21-22)16(13-5-3-2-4-6-13)19-17(23)14-7-8-24-11-14/h7-8,10-13,16H,2-6H2,1H3,(H,19,23)/t12-,16+/m1/s1. The zero-order valence-corrected chi connectivity index (χ0v) is 14.5. The van der Waals surface area contributed by atoms with E-state index >= 15 is 0 Å². The summed E-state index contributed by atoms with van der Waals surface area (Å²) in [6.07, 6.45) is 7.56. The molecule has 2 aromatic rings. The number of carbonyl (C=O) groups excluding carboxylic acids is 1. The van der Waals surface area contributed by atoms with E-state index in [0.717, 1.165) is 18.5 Å². The van der Waals surface area contributed by atoms with Crippen molar-refractivity contribution in [1.29, 1.82) is 5.26 Å². The van der Waals surface area contributed by atoms with E-state index in [1.54, 1.807) is 17.8 Å². The number of aromatic nitrogens is 3. The third kappa shape index (κ3) is 3.65. The first-order chi connectivity index (χ1) is 11.7. The van der Waals surface area contributed by atoms with Crippen LogP contribution in [0, 0.1) is 17.2 Å². The van der Waals surface area contributed by atoms with Crippen LogP contribution in [-0.2, 0) is 0 Å². The van der Waals surface area contributed by atoms with Crippen molar-refractivity contribution in [1.82, 2.24) is 20.3 Å². The van der Waals surface area contributed by atoms with Gasteiger partial charge in [-0.25, -0.2) is 4.68 Å². The van der Waals surface area contributed by atoms with Gasteiger partial charge in [0.1, 0.15) is 11.7 Å². The predicted molar refractivity (Wildman–Crippen MR) is 91.4 cm³/mol. The SMILES string of the molecule is C[C@H](C#N)n1cc([C@@H](NC(=O)c2ccsc2)C2CCCCC2)nn1. The fraction of sp³-hybridized carbons (Fsp3) is 0.529. The first-order valence-corrected chi connectivity index (χ1v) is 9.27. The van der Waals surface area contributed by atoms with Crippen LogP contribution in [0.4, 0.5) is 0 Å². The van der Waals surface area contributed by atoms with E-state index in [1.165, 1.54) is 30.6 Å². The van der Waals surface area contributed by atoms with Crippen molar-refractivity contribution in [2.45, 2.75) is 51.1 Å². The average molecular weight is 343 g/mol. The van der Waals surface area contributed by atoms with Crippen LogP contribution in [0.5, 0.6) is 0 Å². The number of hydrogen-bond acceptors (Lipinski definition) is 5. The molecule has 2 aromatic heterocycles. The zero-order valence-electron chi connectivity index (χ0n) is 13.7. The van der Waals surface area contributed by atoms with Crippen molar-refractivity contribution in [2.75, 3.05) is 0 Å². The Labute approximate surface area is 145 Å². The fourth-order valence-electron chi connectivity index (χ4n) is 3.20. The molecule has 126 valence electrons. The molecule has 3 rings (SSSR count). The molecule has 1 fully saturated rings. The van der Waals surface area contributed by atoms with Gasteiger partial charge in [0.25, 0.3) is 5.91 Å². The van der Waals surface area contributed by atoms with Crippen LogP contribution in [0.2, 0.25) is 0 Å². The molecule has 24 heavy (non-hydrogen) atoms. The predicted octanol–water partition coefficient (Wildman–Crippen LogP) is 3.48. The number of rotatable bonds is 5. The second kappa shape index (κ2) is 7.58. The van der Waals surface area contributed by atoms with Crippen molar-refractivity contribution in [3.8, 4) is 6.07 Å². The first kappa shape index (κ1) is 16.7. The molecule has 0 unspecified atom stereocenters. The molecule has 1 aliphatic carbocycles. The summed E-state index contributed by atoms with van der Waals surface area (Å²) in [6.45, 7) is 1.78. The van der Waals surface area contributed by atoms with Gasteiger partial charge in [-0.1, -0.05) is 24.5 Å². The Bertz CT molecular complexity index is 712. The molecular formula is C17H21N5OS. The molecule has 0 bridgehead atoms. The zero-order chi connectivity index (χ0) is 16.9. The van der Waals surface area contributed by atoms with E-state index < -0.39 is 0 Å². The highest BCUT2D eigenvalue weighted by Crippen LogP contribution is 2.34. The average Bonchev–Trinajstić information content (AvgIpc) is 3.31. The third-order valence-electron chi connectivity index (χ3n) is 4.62. The van der Waals surface area contributed by atoms with Crippen molar-refractivity contribution in [3.05, 3.63) is 34.3 Å². The number of carbonyl (C=O) groups is 1. The largest absolute Gasteiger partial charge is 0.343 e. The molecule has 1 N–H and O–H groups in total. The molecule has 1 amide bonds. The van der Waals surface area contributed by atoms with E-state index in [2.05, 4.69) is 21.7 Å². The van der Waals surface area contributed by atoms with Gasteiger partial charge in [0.15, 0.2) is 0 Å². The molecule has 1 aliphatic rings. The minimum absolute atomic E-state index is 0.0743. The van der Waals surface area contributed by atoms with Crippen LogP contribution in [0.1, 0.15) is 67.2 Å². The molecule has 2 atom stereocenters. The van der Waals surface area contributed by atoms with Gasteiger partial charge in [-0.2, -0.15) is 16.6 Å². The molecule has 6 nitrogen and oxygen atoms in total. The molecule has 0 aromatic carbocycles. The highest BCUT2D eigenvalue weighted by Gasteiger charge is 2.29. The molecule has 0 radical (unpaired) electrons. The van der Waals surface area contributed by atoms with Gasteiger partial charge in [0.2, 0.25) is 0 Å². The molecule has 0 aliphatic heterocycles. The summed E-state index contributed by atoms with van der Waals surface area (Å²) in [5.74, 6) is 0.290. The van der Waals surface area contributed by atoms with E-state index in [0.29, 0.717) is 11.5 Å². The number of nitrogens with one attached hydrogen (secondary N) is 1. The minimum atomic E-state index is -0.370. The van der Waals surface area contributed by atoms with Crippen LogP contribution >= 0.6 is 11.3 Å². The van der Waals surface area contributed by atoms with Crippen LogP contribution in [0.3, 0.4) is 0 Å². The summed E-state index contributed by atoms with van der Waals surface area (Å²) < 4.78 is 1.56. The molecule has 2 heterocycles. The van der Waals surface area contributed by atoms with Crippen LogP contribution in [-0.4, -0.2) is 20.9 Å². The summed E-state index contributed by atoms with van der Waals surface area (Å²) in [7, 11) is 0. The maximum Gasteiger partial charge on any atom is 0.252 e. The lowest BCUT2D eigenvalue weighted by Crippen LogP contribution is -2.34. The van der Waals surface area contributed by atoms with E-state index in [9.17, 15) is 4.79 Å². The Morgan fingerprint density at radius 2 is 2.25 bits per heavy atom. The van der Waals surface area contributed by atoms with Crippen LogP contribution in [0.15, 0.2) is 23.0 Å². The monoisotopic (exact) mass is 343 g/mol. The van der Waals surface area contributed by atoms with Gasteiger partial charge in [0, 0.05) is 5.38 Å². The number of amides is 1. The van der Waals surface area contributed by atoms with Gasteiger partial charge in [-0.15, -0.1) is 5.10 Å². The minimum Gasteiger partial charge on any atom is -0.343 e. The third-order valence-corrected chi connectivity index (χ3v) is 5.30. The first-order valence-electron chi connectivity index (χ1n) is 8.33. The topological polar surface area (TPSA) is 83.6 Å². The Hall–Kier alpha value is -2.20.